The molecular weight excluding hydrogens is 763 g/mol. The van der Waals surface area contributed by atoms with Crippen LogP contribution in [0.3, 0.4) is 0 Å². The second-order valence-corrected chi connectivity index (χ2v) is 16.2. The molecule has 63 heavy (non-hydrogen) atoms. The van der Waals surface area contributed by atoms with Crippen LogP contribution in [0.1, 0.15) is 0 Å². The van der Waals surface area contributed by atoms with Crippen molar-refractivity contribution in [1.82, 2.24) is 9.13 Å². The van der Waals surface area contributed by atoms with Gasteiger partial charge in [-0.05, 0) is 106 Å². The highest BCUT2D eigenvalue weighted by Gasteiger charge is 2.20. The van der Waals surface area contributed by atoms with Gasteiger partial charge >= 0.3 is 0 Å². The normalized spacial score (nSPS) is 11.5. The molecule has 0 unspecified atom stereocenters. The molecule has 0 bridgehead atoms. The number of aromatic nitrogens is 2. The van der Waals surface area contributed by atoms with Crippen molar-refractivity contribution in [2.24, 2.45) is 0 Å². The number of para-hydroxylation sites is 4. The van der Waals surface area contributed by atoms with Gasteiger partial charge < -0.3 is 14.0 Å². The number of nitrogens with zero attached hydrogens (tertiary/aromatic N) is 3. The predicted molar refractivity (Wildman–Crippen MR) is 266 cm³/mol. The van der Waals surface area contributed by atoms with E-state index in [1.54, 1.807) is 0 Å². The topological polar surface area (TPSA) is 13.1 Å². The van der Waals surface area contributed by atoms with Gasteiger partial charge in [0, 0.05) is 44.3 Å². The van der Waals surface area contributed by atoms with Gasteiger partial charge in [0.25, 0.3) is 0 Å². The lowest BCUT2D eigenvalue weighted by Gasteiger charge is -2.26. The molecule has 0 aliphatic rings. The molecule has 0 saturated heterocycles. The Morgan fingerprint density at radius 2 is 0.571 bits per heavy atom. The fourth-order valence-corrected chi connectivity index (χ4v) is 9.55. The molecule has 0 radical (unpaired) electrons. The lowest BCUT2D eigenvalue weighted by atomic mass is 10.0. The van der Waals surface area contributed by atoms with Crippen LogP contribution in [0, 0.1) is 0 Å². The molecule has 296 valence electrons. The van der Waals surface area contributed by atoms with Gasteiger partial charge in [0.1, 0.15) is 0 Å². The van der Waals surface area contributed by atoms with Gasteiger partial charge in [0.2, 0.25) is 0 Å². The van der Waals surface area contributed by atoms with Crippen molar-refractivity contribution in [3.05, 3.63) is 249 Å². The van der Waals surface area contributed by atoms with Gasteiger partial charge in [-0.3, -0.25) is 0 Å². The molecule has 3 heteroatoms. The number of anilines is 3. The first-order valence-corrected chi connectivity index (χ1v) is 21.6. The quantitative estimate of drug-likeness (QED) is 0.149. The molecule has 0 amide bonds. The van der Waals surface area contributed by atoms with Crippen molar-refractivity contribution in [3.8, 4) is 44.8 Å². The van der Waals surface area contributed by atoms with Crippen molar-refractivity contribution in [3.63, 3.8) is 0 Å². The Labute approximate surface area is 366 Å². The molecule has 3 nitrogen and oxygen atoms in total. The van der Waals surface area contributed by atoms with E-state index in [2.05, 4.69) is 263 Å². The number of rotatable bonds is 8. The summed E-state index contributed by atoms with van der Waals surface area (Å²) < 4.78 is 4.89. The van der Waals surface area contributed by atoms with Crippen LogP contribution in [0.5, 0.6) is 0 Å². The largest absolute Gasteiger partial charge is 0.311 e. The van der Waals surface area contributed by atoms with Crippen molar-refractivity contribution in [2.75, 3.05) is 4.90 Å². The summed E-state index contributed by atoms with van der Waals surface area (Å²) in [6.07, 6.45) is 0. The molecular formula is C60H41N3. The van der Waals surface area contributed by atoms with Gasteiger partial charge in [-0.1, -0.05) is 176 Å². The summed E-state index contributed by atoms with van der Waals surface area (Å²) in [7, 11) is 0. The maximum Gasteiger partial charge on any atom is 0.0782 e. The van der Waals surface area contributed by atoms with Gasteiger partial charge in [0.05, 0.1) is 27.8 Å². The smallest absolute Gasteiger partial charge is 0.0782 e. The van der Waals surface area contributed by atoms with E-state index in [-0.39, 0.29) is 0 Å². The van der Waals surface area contributed by atoms with E-state index >= 15 is 0 Å². The first kappa shape index (κ1) is 36.5. The summed E-state index contributed by atoms with van der Waals surface area (Å²) in [6.45, 7) is 0. The maximum absolute atomic E-state index is 2.44. The zero-order valence-corrected chi connectivity index (χ0v) is 34.5. The van der Waals surface area contributed by atoms with Crippen LogP contribution in [-0.4, -0.2) is 9.13 Å². The maximum atomic E-state index is 2.44. The first-order chi connectivity index (χ1) is 31.3. The molecule has 12 rings (SSSR count). The van der Waals surface area contributed by atoms with Gasteiger partial charge in [-0.25, -0.2) is 0 Å². The monoisotopic (exact) mass is 803 g/mol. The second-order valence-electron chi connectivity index (χ2n) is 16.2. The highest BCUT2D eigenvalue weighted by molar-refractivity contribution is 6.15. The van der Waals surface area contributed by atoms with E-state index in [0.29, 0.717) is 0 Å². The Kier molecular flexibility index (Phi) is 8.83. The Bertz CT molecular complexity index is 3430. The SMILES string of the molecule is c1ccc(-c2ccc(N(c3ccc(-c4ccccc4)cc3)c3ccc(-c4ccc(-n5c6ccccc6c6cccc(-n7c8ccccc8c8ccccc87)c65)cc4)cc3)cc2)cc1. The average molecular weight is 804 g/mol. The Balaban J connectivity index is 0.926. The fraction of sp³-hybridized carbons (Fsp3) is 0. The summed E-state index contributed by atoms with van der Waals surface area (Å²) in [4.78, 5) is 2.34. The Hall–Kier alpha value is -8.40. The minimum Gasteiger partial charge on any atom is -0.311 e. The molecule has 12 aromatic rings. The van der Waals surface area contributed by atoms with Crippen molar-refractivity contribution in [1.29, 1.82) is 0 Å². The molecule has 0 spiro atoms. The lowest BCUT2D eigenvalue weighted by Crippen LogP contribution is -2.09. The Morgan fingerprint density at radius 3 is 1.02 bits per heavy atom. The minimum absolute atomic E-state index is 1.10. The average Bonchev–Trinajstić information content (AvgIpc) is 3.89. The van der Waals surface area contributed by atoms with Crippen molar-refractivity contribution < 1.29 is 0 Å². The van der Waals surface area contributed by atoms with E-state index in [9.17, 15) is 0 Å². The van der Waals surface area contributed by atoms with E-state index < -0.39 is 0 Å². The van der Waals surface area contributed by atoms with Crippen LogP contribution in [0.2, 0.25) is 0 Å². The molecule has 0 aliphatic carbocycles. The lowest BCUT2D eigenvalue weighted by molar-refractivity contribution is 1.13. The van der Waals surface area contributed by atoms with Gasteiger partial charge in [-0.2, -0.15) is 0 Å². The summed E-state index contributed by atoms with van der Waals surface area (Å²) in [5.74, 6) is 0. The summed E-state index contributed by atoms with van der Waals surface area (Å²) in [6, 6.07) is 89.9. The molecule has 0 N–H and O–H groups in total. The number of hydrogen-bond donors (Lipinski definition) is 0. The van der Waals surface area contributed by atoms with Crippen LogP contribution < -0.4 is 4.90 Å². The third-order valence-corrected chi connectivity index (χ3v) is 12.5. The van der Waals surface area contributed by atoms with Crippen molar-refractivity contribution >= 4 is 60.7 Å². The molecule has 2 heterocycles. The summed E-state index contributed by atoms with van der Waals surface area (Å²) in [5, 5.41) is 4.99. The Morgan fingerprint density at radius 1 is 0.238 bits per heavy atom. The highest BCUT2D eigenvalue weighted by Crippen LogP contribution is 2.41. The third kappa shape index (κ3) is 6.29. The number of fused-ring (bicyclic) bond motifs is 6. The molecule has 0 aliphatic heterocycles. The van der Waals surface area contributed by atoms with Crippen LogP contribution >= 0.6 is 0 Å². The van der Waals surface area contributed by atoms with Crippen molar-refractivity contribution in [2.45, 2.75) is 0 Å². The van der Waals surface area contributed by atoms with Gasteiger partial charge in [-0.15, -0.1) is 0 Å². The summed E-state index contributed by atoms with van der Waals surface area (Å²) in [5.41, 5.74) is 17.5. The van der Waals surface area contributed by atoms with E-state index in [1.807, 2.05) is 0 Å². The molecule has 10 aromatic carbocycles. The standard InChI is InChI=1S/C60H41N3/c1-3-14-42(15-4-1)44-26-34-48(35-27-44)61(49-36-28-45(29-37-49)43-16-5-2-6-17-43)50-38-30-46(31-39-50)47-32-40-51(41-33-47)62-56-22-10-9-20-54(56)55-21-13-25-59(60(55)62)63-57-23-11-7-18-52(57)53-19-8-12-24-58(53)63/h1-41H. The van der Waals surface area contributed by atoms with E-state index in [0.717, 1.165) is 34.0 Å². The van der Waals surface area contributed by atoms with E-state index in [4.69, 9.17) is 0 Å². The van der Waals surface area contributed by atoms with E-state index in [1.165, 1.54) is 71.4 Å². The number of benzene rings is 10. The first-order valence-electron chi connectivity index (χ1n) is 21.6. The predicted octanol–water partition coefficient (Wildman–Crippen LogP) is 16.4. The zero-order chi connectivity index (χ0) is 41.7. The van der Waals surface area contributed by atoms with Gasteiger partial charge in [0.15, 0.2) is 0 Å². The molecule has 0 atom stereocenters. The fourth-order valence-electron chi connectivity index (χ4n) is 9.55. The van der Waals surface area contributed by atoms with Crippen LogP contribution in [0.15, 0.2) is 249 Å². The molecule has 0 saturated carbocycles. The minimum atomic E-state index is 1.10. The third-order valence-electron chi connectivity index (χ3n) is 12.5. The molecule has 2 aromatic heterocycles. The second kappa shape index (κ2) is 15.3. The van der Waals surface area contributed by atoms with Crippen LogP contribution in [-0.2, 0) is 0 Å². The zero-order valence-electron chi connectivity index (χ0n) is 34.5. The highest BCUT2D eigenvalue weighted by atomic mass is 15.1. The van der Waals surface area contributed by atoms with Crippen LogP contribution in [0.25, 0.3) is 88.4 Å². The molecule has 0 fully saturated rings. The summed E-state index contributed by atoms with van der Waals surface area (Å²) >= 11 is 0. The van der Waals surface area contributed by atoms with Crippen LogP contribution in [0.4, 0.5) is 17.1 Å². The number of hydrogen-bond acceptors (Lipinski definition) is 1.